The van der Waals surface area contributed by atoms with E-state index < -0.39 is 5.97 Å². The number of hydrogen-bond acceptors (Lipinski definition) is 1. The van der Waals surface area contributed by atoms with E-state index in [-0.39, 0.29) is 0 Å². The molecule has 0 fully saturated rings. The van der Waals surface area contributed by atoms with Gasteiger partial charge in [-0.05, 0) is 36.6 Å². The van der Waals surface area contributed by atoms with Crippen molar-refractivity contribution in [3.63, 3.8) is 0 Å². The average molecular weight is 203 g/mol. The van der Waals surface area contributed by atoms with Crippen molar-refractivity contribution >= 4 is 16.9 Å². The maximum atomic E-state index is 10.9. The summed E-state index contributed by atoms with van der Waals surface area (Å²) in [6.45, 7) is 4.00. The van der Waals surface area contributed by atoms with Gasteiger partial charge in [-0.15, -0.1) is 0 Å². The highest BCUT2D eigenvalue weighted by Crippen LogP contribution is 2.23. The molecule has 0 amide bonds. The number of carboxylic acid groups (broad SMARTS) is 1. The van der Waals surface area contributed by atoms with Crippen molar-refractivity contribution in [3.05, 3.63) is 35.0 Å². The van der Waals surface area contributed by atoms with Crippen LogP contribution >= 0.6 is 0 Å². The summed E-state index contributed by atoms with van der Waals surface area (Å²) in [6, 6.07) is 3.46. The van der Waals surface area contributed by atoms with Gasteiger partial charge in [-0.2, -0.15) is 0 Å². The fraction of sp³-hybridized carbons (Fsp3) is 0.250. The fourth-order valence-electron chi connectivity index (χ4n) is 1.84. The van der Waals surface area contributed by atoms with Gasteiger partial charge < -0.3 is 10.1 Å². The second kappa shape index (κ2) is 3.42. The van der Waals surface area contributed by atoms with Gasteiger partial charge in [-0.3, -0.25) is 0 Å². The van der Waals surface area contributed by atoms with Gasteiger partial charge in [0.15, 0.2) is 0 Å². The molecule has 15 heavy (non-hydrogen) atoms. The molecule has 1 aromatic carbocycles. The molecule has 0 aliphatic carbocycles. The number of carboxylic acids is 1. The van der Waals surface area contributed by atoms with E-state index in [9.17, 15) is 4.79 Å². The molecule has 0 aliphatic heterocycles. The maximum absolute atomic E-state index is 10.9. The van der Waals surface area contributed by atoms with E-state index in [2.05, 4.69) is 4.98 Å². The molecule has 1 aromatic heterocycles. The standard InChI is InChI=1S/C12H13NO2/c1-3-8-4-9(12(14)15)5-10-7(2)6-13-11(8)10/h4-6,13H,3H2,1-2H3,(H,14,15). The lowest BCUT2D eigenvalue weighted by Crippen LogP contribution is -1.98. The Bertz CT molecular complexity index is 526. The molecule has 0 atom stereocenters. The largest absolute Gasteiger partial charge is 0.478 e. The Balaban J connectivity index is 2.79. The second-order valence-corrected chi connectivity index (χ2v) is 3.69. The highest BCUT2D eigenvalue weighted by Gasteiger charge is 2.10. The Labute approximate surface area is 87.7 Å². The minimum Gasteiger partial charge on any atom is -0.478 e. The molecule has 2 aromatic rings. The van der Waals surface area contributed by atoms with Crippen LogP contribution in [0, 0.1) is 6.92 Å². The summed E-state index contributed by atoms with van der Waals surface area (Å²) in [5.74, 6) is -0.868. The lowest BCUT2D eigenvalue weighted by atomic mass is 10.0. The minimum absolute atomic E-state index is 0.363. The van der Waals surface area contributed by atoms with Gasteiger partial charge in [0.2, 0.25) is 0 Å². The molecule has 2 N–H and O–H groups in total. The Kier molecular flexibility index (Phi) is 2.23. The van der Waals surface area contributed by atoms with Crippen molar-refractivity contribution in [2.75, 3.05) is 0 Å². The van der Waals surface area contributed by atoms with E-state index in [4.69, 9.17) is 5.11 Å². The van der Waals surface area contributed by atoms with E-state index in [1.54, 1.807) is 12.1 Å². The number of fused-ring (bicyclic) bond motifs is 1. The SMILES string of the molecule is CCc1cc(C(=O)O)cc2c(C)c[nH]c12. The number of carbonyl (C=O) groups is 1. The van der Waals surface area contributed by atoms with Crippen LogP contribution in [0.5, 0.6) is 0 Å². The monoisotopic (exact) mass is 203 g/mol. The van der Waals surface area contributed by atoms with Crippen molar-refractivity contribution in [1.29, 1.82) is 0 Å². The van der Waals surface area contributed by atoms with Crippen LogP contribution in [0.4, 0.5) is 0 Å². The Hall–Kier alpha value is -1.77. The highest BCUT2D eigenvalue weighted by atomic mass is 16.4. The predicted octanol–water partition coefficient (Wildman–Crippen LogP) is 2.74. The Morgan fingerprint density at radius 2 is 2.20 bits per heavy atom. The molecule has 0 spiro atoms. The first kappa shape index (κ1) is 9.77. The summed E-state index contributed by atoms with van der Waals surface area (Å²) in [6.07, 6.45) is 2.74. The summed E-state index contributed by atoms with van der Waals surface area (Å²) < 4.78 is 0. The van der Waals surface area contributed by atoms with Crippen LogP contribution in [0.1, 0.15) is 28.4 Å². The molecule has 0 saturated heterocycles. The molecule has 0 bridgehead atoms. The first-order valence-corrected chi connectivity index (χ1v) is 4.97. The average Bonchev–Trinajstić information content (AvgIpc) is 2.59. The summed E-state index contributed by atoms with van der Waals surface area (Å²) in [7, 11) is 0. The van der Waals surface area contributed by atoms with Crippen molar-refractivity contribution in [2.24, 2.45) is 0 Å². The lowest BCUT2D eigenvalue weighted by molar-refractivity contribution is 0.0697. The molecule has 1 heterocycles. The van der Waals surface area contributed by atoms with Crippen LogP contribution in [-0.4, -0.2) is 16.1 Å². The molecule has 0 aliphatic rings. The number of benzene rings is 1. The smallest absolute Gasteiger partial charge is 0.335 e. The zero-order valence-corrected chi connectivity index (χ0v) is 8.79. The summed E-state index contributed by atoms with van der Waals surface area (Å²) >= 11 is 0. The van der Waals surface area contributed by atoms with Crippen LogP contribution in [0.25, 0.3) is 10.9 Å². The number of aromatic amines is 1. The number of hydrogen-bond donors (Lipinski definition) is 2. The van der Waals surface area contributed by atoms with Crippen LogP contribution < -0.4 is 0 Å². The molecule has 0 saturated carbocycles. The summed E-state index contributed by atoms with van der Waals surface area (Å²) in [5, 5.41) is 9.99. The quantitative estimate of drug-likeness (QED) is 0.788. The minimum atomic E-state index is -0.868. The van der Waals surface area contributed by atoms with Gasteiger partial charge in [0, 0.05) is 17.1 Å². The zero-order valence-electron chi connectivity index (χ0n) is 8.79. The second-order valence-electron chi connectivity index (χ2n) is 3.69. The van der Waals surface area contributed by atoms with E-state index in [0.29, 0.717) is 5.56 Å². The van der Waals surface area contributed by atoms with Gasteiger partial charge in [0.25, 0.3) is 0 Å². The molecular formula is C12H13NO2. The van der Waals surface area contributed by atoms with Crippen molar-refractivity contribution in [3.8, 4) is 0 Å². The van der Waals surface area contributed by atoms with Gasteiger partial charge in [-0.25, -0.2) is 4.79 Å². The fourth-order valence-corrected chi connectivity index (χ4v) is 1.84. The van der Waals surface area contributed by atoms with Crippen LogP contribution in [0.3, 0.4) is 0 Å². The predicted molar refractivity (Wildman–Crippen MR) is 59.4 cm³/mol. The van der Waals surface area contributed by atoms with Gasteiger partial charge in [-0.1, -0.05) is 6.92 Å². The van der Waals surface area contributed by atoms with E-state index >= 15 is 0 Å². The number of aryl methyl sites for hydroxylation is 2. The van der Waals surface area contributed by atoms with Gasteiger partial charge in [0.05, 0.1) is 5.56 Å². The normalized spacial score (nSPS) is 10.8. The number of aromatic nitrogens is 1. The van der Waals surface area contributed by atoms with Crippen molar-refractivity contribution in [2.45, 2.75) is 20.3 Å². The number of nitrogens with one attached hydrogen (secondary N) is 1. The first-order valence-electron chi connectivity index (χ1n) is 4.97. The Morgan fingerprint density at radius 1 is 1.47 bits per heavy atom. The molecule has 3 nitrogen and oxygen atoms in total. The van der Waals surface area contributed by atoms with Gasteiger partial charge >= 0.3 is 5.97 Å². The van der Waals surface area contributed by atoms with Gasteiger partial charge in [0.1, 0.15) is 0 Å². The summed E-state index contributed by atoms with van der Waals surface area (Å²) in [5.41, 5.74) is 3.56. The zero-order chi connectivity index (χ0) is 11.0. The number of H-pyrrole nitrogens is 1. The van der Waals surface area contributed by atoms with E-state index in [1.165, 1.54) is 0 Å². The maximum Gasteiger partial charge on any atom is 0.335 e. The van der Waals surface area contributed by atoms with Crippen LogP contribution in [-0.2, 0) is 6.42 Å². The highest BCUT2D eigenvalue weighted by molar-refractivity contribution is 5.96. The van der Waals surface area contributed by atoms with E-state index in [1.807, 2.05) is 20.0 Å². The third-order valence-electron chi connectivity index (χ3n) is 2.71. The number of aromatic carboxylic acids is 1. The lowest BCUT2D eigenvalue weighted by Gasteiger charge is -2.03. The molecule has 3 heteroatoms. The molecule has 0 radical (unpaired) electrons. The topological polar surface area (TPSA) is 53.1 Å². The third-order valence-corrected chi connectivity index (χ3v) is 2.71. The third kappa shape index (κ3) is 1.50. The van der Waals surface area contributed by atoms with Crippen LogP contribution in [0.2, 0.25) is 0 Å². The summed E-state index contributed by atoms with van der Waals surface area (Å²) in [4.78, 5) is 14.1. The van der Waals surface area contributed by atoms with Crippen molar-refractivity contribution < 1.29 is 9.90 Å². The Morgan fingerprint density at radius 3 is 2.80 bits per heavy atom. The molecular weight excluding hydrogens is 190 g/mol. The van der Waals surface area contributed by atoms with Crippen molar-refractivity contribution in [1.82, 2.24) is 4.98 Å². The molecule has 78 valence electrons. The molecule has 2 rings (SSSR count). The van der Waals surface area contributed by atoms with Crippen LogP contribution in [0.15, 0.2) is 18.3 Å². The number of rotatable bonds is 2. The molecule has 0 unspecified atom stereocenters. The van der Waals surface area contributed by atoms with E-state index in [0.717, 1.165) is 28.5 Å². The first-order chi connectivity index (χ1) is 7.13.